The number of aromatic nitrogens is 1. The Bertz CT molecular complexity index is 661. The van der Waals surface area contributed by atoms with Crippen molar-refractivity contribution in [3.63, 3.8) is 0 Å². The van der Waals surface area contributed by atoms with Crippen LogP contribution in [0, 0.1) is 0 Å². The maximum absolute atomic E-state index is 12.1. The molecule has 1 atom stereocenters. The van der Waals surface area contributed by atoms with Crippen molar-refractivity contribution in [2.24, 2.45) is 0 Å². The molecule has 0 aliphatic rings. The zero-order chi connectivity index (χ0) is 17.4. The predicted octanol–water partition coefficient (Wildman–Crippen LogP) is 2.17. The normalized spacial score (nSPS) is 11.6. The van der Waals surface area contributed by atoms with Gasteiger partial charge >= 0.3 is 0 Å². The van der Waals surface area contributed by atoms with Crippen LogP contribution in [0.25, 0.3) is 0 Å². The number of rotatable bonds is 8. The lowest BCUT2D eigenvalue weighted by Gasteiger charge is -2.15. The van der Waals surface area contributed by atoms with Gasteiger partial charge in [0.2, 0.25) is 0 Å². The third-order valence-electron chi connectivity index (χ3n) is 3.27. The topological polar surface area (TPSA) is 80.7 Å². The predicted molar refractivity (Wildman–Crippen MR) is 90.2 cm³/mol. The van der Waals surface area contributed by atoms with Crippen LogP contribution in [0.2, 0.25) is 0 Å². The summed E-state index contributed by atoms with van der Waals surface area (Å²) in [5.74, 6) is 0.800. The van der Waals surface area contributed by atoms with Crippen molar-refractivity contribution < 1.29 is 19.4 Å². The number of carbonyl (C=O) groups is 1. The Kier molecular flexibility index (Phi) is 6.57. The number of aliphatic hydroxyl groups excluding tert-OH is 1. The molecule has 2 aromatic rings. The summed E-state index contributed by atoms with van der Waals surface area (Å²) in [6.07, 6.45) is 3.44. The molecule has 1 aromatic carbocycles. The minimum absolute atomic E-state index is 0.115. The fraction of sp³-hybridized carbons (Fsp3) is 0.333. The second kappa shape index (κ2) is 8.88. The Morgan fingerprint density at radius 3 is 2.79 bits per heavy atom. The molecule has 0 fully saturated rings. The van der Waals surface area contributed by atoms with Crippen LogP contribution >= 0.6 is 0 Å². The number of carbonyl (C=O) groups excluding carboxylic acids is 1. The summed E-state index contributed by atoms with van der Waals surface area (Å²) in [6, 6.07) is 8.47. The smallest absolute Gasteiger partial charge is 0.251 e. The van der Waals surface area contributed by atoms with Gasteiger partial charge in [0.1, 0.15) is 6.61 Å². The van der Waals surface area contributed by atoms with Crippen molar-refractivity contribution >= 4 is 5.91 Å². The molecule has 0 aliphatic heterocycles. The van der Waals surface area contributed by atoms with Gasteiger partial charge in [-0.05, 0) is 38.1 Å². The van der Waals surface area contributed by atoms with Crippen LogP contribution in [0.15, 0.2) is 42.7 Å². The second-order valence-corrected chi connectivity index (χ2v) is 5.30. The average Bonchev–Trinajstić information content (AvgIpc) is 2.61. The van der Waals surface area contributed by atoms with E-state index in [4.69, 9.17) is 14.6 Å². The zero-order valence-electron chi connectivity index (χ0n) is 13.9. The highest BCUT2D eigenvalue weighted by Gasteiger charge is 2.13. The van der Waals surface area contributed by atoms with E-state index in [2.05, 4.69) is 10.3 Å². The lowest BCUT2D eigenvalue weighted by atomic mass is 10.1. The molecule has 24 heavy (non-hydrogen) atoms. The van der Waals surface area contributed by atoms with Crippen LogP contribution in [0.4, 0.5) is 0 Å². The minimum Gasteiger partial charge on any atom is -0.490 e. The Morgan fingerprint density at radius 1 is 1.29 bits per heavy atom. The molecule has 2 N–H and O–H groups in total. The Labute approximate surface area is 141 Å². The number of nitrogens with one attached hydrogen (secondary N) is 1. The SMILES string of the molecule is CCOc1cc(C(=O)NC(C)CO)ccc1OCc1cccnc1. The van der Waals surface area contributed by atoms with Gasteiger partial charge in [-0.3, -0.25) is 9.78 Å². The fourth-order valence-corrected chi connectivity index (χ4v) is 2.03. The van der Waals surface area contributed by atoms with E-state index in [1.807, 2.05) is 19.1 Å². The largest absolute Gasteiger partial charge is 0.490 e. The van der Waals surface area contributed by atoms with E-state index < -0.39 is 0 Å². The first-order chi connectivity index (χ1) is 11.6. The molecule has 128 valence electrons. The van der Waals surface area contributed by atoms with E-state index in [1.54, 1.807) is 37.5 Å². The molecule has 1 heterocycles. The third-order valence-corrected chi connectivity index (χ3v) is 3.27. The summed E-state index contributed by atoms with van der Waals surface area (Å²) >= 11 is 0. The van der Waals surface area contributed by atoms with Crippen LogP contribution in [-0.4, -0.2) is 35.3 Å². The maximum atomic E-state index is 12.1. The standard InChI is InChI=1S/C18H22N2O4/c1-3-23-17-9-15(18(22)20-13(2)11-21)6-7-16(17)24-12-14-5-4-8-19-10-14/h4-10,13,21H,3,11-12H2,1-2H3,(H,20,22). The van der Waals surface area contributed by atoms with Gasteiger partial charge in [0.05, 0.1) is 13.2 Å². The second-order valence-electron chi connectivity index (χ2n) is 5.30. The summed E-state index contributed by atoms with van der Waals surface area (Å²) in [4.78, 5) is 16.2. The maximum Gasteiger partial charge on any atom is 0.251 e. The molecule has 6 heteroatoms. The molecule has 0 aliphatic carbocycles. The minimum atomic E-state index is -0.311. The number of hydrogen-bond donors (Lipinski definition) is 2. The number of aliphatic hydroxyl groups is 1. The van der Waals surface area contributed by atoms with Crippen LogP contribution in [0.5, 0.6) is 11.5 Å². The highest BCUT2D eigenvalue weighted by Crippen LogP contribution is 2.29. The van der Waals surface area contributed by atoms with Crippen LogP contribution in [-0.2, 0) is 6.61 Å². The Morgan fingerprint density at radius 2 is 2.12 bits per heavy atom. The van der Waals surface area contributed by atoms with Crippen molar-refractivity contribution in [1.82, 2.24) is 10.3 Å². The molecule has 0 saturated heterocycles. The van der Waals surface area contributed by atoms with Gasteiger partial charge in [0, 0.05) is 29.6 Å². The highest BCUT2D eigenvalue weighted by molar-refractivity contribution is 5.95. The lowest BCUT2D eigenvalue weighted by molar-refractivity contribution is 0.0921. The number of pyridine rings is 1. The van der Waals surface area contributed by atoms with Gasteiger partial charge in [0.25, 0.3) is 5.91 Å². The molecule has 0 radical (unpaired) electrons. The fourth-order valence-electron chi connectivity index (χ4n) is 2.03. The van der Waals surface area contributed by atoms with Gasteiger partial charge in [-0.1, -0.05) is 6.07 Å². The molecule has 1 amide bonds. The summed E-state index contributed by atoms with van der Waals surface area (Å²) < 4.78 is 11.4. The van der Waals surface area contributed by atoms with E-state index in [0.717, 1.165) is 5.56 Å². The van der Waals surface area contributed by atoms with Crippen molar-refractivity contribution in [3.05, 3.63) is 53.9 Å². The van der Waals surface area contributed by atoms with Gasteiger partial charge in [-0.25, -0.2) is 0 Å². The first kappa shape index (κ1) is 17.7. The van der Waals surface area contributed by atoms with E-state index >= 15 is 0 Å². The molecular formula is C18H22N2O4. The Balaban J connectivity index is 2.12. The van der Waals surface area contributed by atoms with Gasteiger partial charge in [0.15, 0.2) is 11.5 Å². The van der Waals surface area contributed by atoms with Crippen LogP contribution in [0.3, 0.4) is 0 Å². The van der Waals surface area contributed by atoms with E-state index in [1.165, 1.54) is 0 Å². The first-order valence-corrected chi connectivity index (χ1v) is 7.84. The third kappa shape index (κ3) is 4.96. The van der Waals surface area contributed by atoms with E-state index in [9.17, 15) is 4.79 Å². The first-order valence-electron chi connectivity index (χ1n) is 7.84. The summed E-state index contributed by atoms with van der Waals surface area (Å²) in [5.41, 5.74) is 1.39. The number of benzene rings is 1. The molecular weight excluding hydrogens is 308 g/mol. The molecule has 2 rings (SSSR count). The quantitative estimate of drug-likeness (QED) is 0.775. The molecule has 1 aromatic heterocycles. The van der Waals surface area contributed by atoms with Gasteiger partial charge in [-0.15, -0.1) is 0 Å². The van der Waals surface area contributed by atoms with Crippen molar-refractivity contribution in [2.45, 2.75) is 26.5 Å². The molecule has 0 spiro atoms. The monoisotopic (exact) mass is 330 g/mol. The van der Waals surface area contributed by atoms with Gasteiger partial charge < -0.3 is 19.9 Å². The molecule has 1 unspecified atom stereocenters. The van der Waals surface area contributed by atoms with Crippen LogP contribution in [0.1, 0.15) is 29.8 Å². The van der Waals surface area contributed by atoms with Crippen molar-refractivity contribution in [1.29, 1.82) is 0 Å². The average molecular weight is 330 g/mol. The molecule has 0 bridgehead atoms. The van der Waals surface area contributed by atoms with Crippen molar-refractivity contribution in [2.75, 3.05) is 13.2 Å². The highest BCUT2D eigenvalue weighted by atomic mass is 16.5. The zero-order valence-corrected chi connectivity index (χ0v) is 13.9. The Hall–Kier alpha value is -2.60. The van der Waals surface area contributed by atoms with Crippen molar-refractivity contribution in [3.8, 4) is 11.5 Å². The number of hydrogen-bond acceptors (Lipinski definition) is 5. The van der Waals surface area contributed by atoms with E-state index in [-0.39, 0.29) is 18.6 Å². The lowest BCUT2D eigenvalue weighted by Crippen LogP contribution is -2.34. The van der Waals surface area contributed by atoms with E-state index in [0.29, 0.717) is 30.3 Å². The summed E-state index contributed by atoms with van der Waals surface area (Å²) in [7, 11) is 0. The van der Waals surface area contributed by atoms with Crippen LogP contribution < -0.4 is 14.8 Å². The number of nitrogens with zero attached hydrogens (tertiary/aromatic N) is 1. The summed E-state index contributed by atoms with van der Waals surface area (Å²) in [5, 5.41) is 11.7. The number of ether oxygens (including phenoxy) is 2. The van der Waals surface area contributed by atoms with Gasteiger partial charge in [-0.2, -0.15) is 0 Å². The summed E-state index contributed by atoms with van der Waals surface area (Å²) in [6.45, 7) is 4.30. The number of amides is 1. The molecule has 6 nitrogen and oxygen atoms in total. The molecule has 0 saturated carbocycles.